The van der Waals surface area contributed by atoms with Crippen molar-refractivity contribution in [2.45, 2.75) is 26.3 Å². The number of nitrogens with two attached hydrogens (primary N) is 1. The van der Waals surface area contributed by atoms with Crippen molar-refractivity contribution in [3.8, 4) is 0 Å². The number of hydrogen-bond donors (Lipinski definition) is 2. The van der Waals surface area contributed by atoms with E-state index in [0.717, 1.165) is 11.1 Å². The summed E-state index contributed by atoms with van der Waals surface area (Å²) in [4.78, 5) is 16.6. The molecule has 0 radical (unpaired) electrons. The van der Waals surface area contributed by atoms with Crippen LogP contribution in [-0.2, 0) is 11.2 Å². The number of nitrogens with zero attached hydrogens (tertiary/aromatic N) is 1. The second-order valence-corrected chi connectivity index (χ2v) is 6.09. The monoisotopic (exact) mass is 323 g/mol. The van der Waals surface area contributed by atoms with Crippen molar-refractivity contribution in [1.29, 1.82) is 0 Å². The van der Waals surface area contributed by atoms with Crippen molar-refractivity contribution in [3.63, 3.8) is 0 Å². The molecule has 24 heavy (non-hydrogen) atoms. The maximum atomic E-state index is 12.1. The minimum atomic E-state index is -0.260. The number of oxazole rings is 1. The van der Waals surface area contributed by atoms with Crippen molar-refractivity contribution in [1.82, 2.24) is 4.98 Å². The highest BCUT2D eigenvalue weighted by Crippen LogP contribution is 2.22. The van der Waals surface area contributed by atoms with Crippen LogP contribution in [0.2, 0.25) is 0 Å². The standard InChI is InChI=1S/C19H21N3O2/c1-12(13(2)20)19(23)21-15-8-9-16-17(11-15)24-18(22-16)10-14-6-4-3-5-7-14/h3-9,11-13H,10,20H2,1-2H3,(H,21,23). The van der Waals surface area contributed by atoms with Crippen LogP contribution in [-0.4, -0.2) is 16.9 Å². The number of nitrogens with one attached hydrogen (secondary N) is 1. The van der Waals surface area contributed by atoms with Gasteiger partial charge in [0.25, 0.3) is 0 Å². The number of carbonyl (C=O) groups is 1. The van der Waals surface area contributed by atoms with Crippen LogP contribution in [0.4, 0.5) is 5.69 Å². The summed E-state index contributed by atoms with van der Waals surface area (Å²) in [5.41, 5.74) is 9.03. The van der Waals surface area contributed by atoms with E-state index in [1.54, 1.807) is 6.07 Å². The van der Waals surface area contributed by atoms with Crippen molar-refractivity contribution in [2.75, 3.05) is 5.32 Å². The molecule has 1 aromatic heterocycles. The third-order valence-electron chi connectivity index (χ3n) is 4.10. The molecule has 3 aromatic rings. The Balaban J connectivity index is 1.78. The van der Waals surface area contributed by atoms with Gasteiger partial charge in [0.2, 0.25) is 5.91 Å². The van der Waals surface area contributed by atoms with Gasteiger partial charge in [-0.15, -0.1) is 0 Å². The minimum Gasteiger partial charge on any atom is -0.440 e. The number of anilines is 1. The molecule has 0 saturated heterocycles. The number of amides is 1. The van der Waals surface area contributed by atoms with Gasteiger partial charge in [0.05, 0.1) is 5.92 Å². The number of benzene rings is 2. The van der Waals surface area contributed by atoms with Crippen molar-refractivity contribution >= 4 is 22.7 Å². The third kappa shape index (κ3) is 3.63. The second-order valence-electron chi connectivity index (χ2n) is 6.09. The highest BCUT2D eigenvalue weighted by Gasteiger charge is 2.17. The van der Waals surface area contributed by atoms with Gasteiger partial charge in [-0.2, -0.15) is 0 Å². The molecule has 0 bridgehead atoms. The van der Waals surface area contributed by atoms with Crippen LogP contribution in [0.1, 0.15) is 25.3 Å². The molecule has 0 aliphatic heterocycles. The summed E-state index contributed by atoms with van der Waals surface area (Å²) >= 11 is 0. The van der Waals surface area contributed by atoms with E-state index in [4.69, 9.17) is 10.2 Å². The maximum Gasteiger partial charge on any atom is 0.228 e. The molecule has 2 atom stereocenters. The molecule has 0 spiro atoms. The van der Waals surface area contributed by atoms with Gasteiger partial charge in [0, 0.05) is 24.2 Å². The molecule has 2 aromatic carbocycles. The average molecular weight is 323 g/mol. The predicted octanol–water partition coefficient (Wildman–Crippen LogP) is 3.34. The smallest absolute Gasteiger partial charge is 0.228 e. The summed E-state index contributed by atoms with van der Waals surface area (Å²) in [6.45, 7) is 3.63. The lowest BCUT2D eigenvalue weighted by molar-refractivity contribution is -0.119. The van der Waals surface area contributed by atoms with E-state index in [1.165, 1.54) is 0 Å². The van der Waals surface area contributed by atoms with Gasteiger partial charge in [-0.05, 0) is 24.6 Å². The van der Waals surface area contributed by atoms with Crippen LogP contribution >= 0.6 is 0 Å². The highest BCUT2D eigenvalue weighted by atomic mass is 16.3. The fourth-order valence-corrected chi connectivity index (χ4v) is 2.39. The van der Waals surface area contributed by atoms with Gasteiger partial charge >= 0.3 is 0 Å². The Labute approximate surface area is 140 Å². The van der Waals surface area contributed by atoms with Gasteiger partial charge in [-0.3, -0.25) is 4.79 Å². The van der Waals surface area contributed by atoms with Gasteiger partial charge in [0.1, 0.15) is 5.52 Å². The summed E-state index contributed by atoms with van der Waals surface area (Å²) in [6, 6.07) is 15.3. The highest BCUT2D eigenvalue weighted by molar-refractivity contribution is 5.94. The van der Waals surface area contributed by atoms with Crippen LogP contribution in [0, 0.1) is 5.92 Å². The lowest BCUT2D eigenvalue weighted by atomic mass is 10.0. The molecule has 5 nitrogen and oxygen atoms in total. The quantitative estimate of drug-likeness (QED) is 0.754. The normalized spacial score (nSPS) is 13.6. The van der Waals surface area contributed by atoms with Gasteiger partial charge in [-0.1, -0.05) is 37.3 Å². The van der Waals surface area contributed by atoms with E-state index in [1.807, 2.05) is 56.3 Å². The lowest BCUT2D eigenvalue weighted by Gasteiger charge is -2.15. The van der Waals surface area contributed by atoms with Crippen LogP contribution in [0.3, 0.4) is 0 Å². The van der Waals surface area contributed by atoms with Crippen LogP contribution in [0.15, 0.2) is 52.9 Å². The Morgan fingerprint density at radius 3 is 2.67 bits per heavy atom. The molecular weight excluding hydrogens is 302 g/mol. The fourth-order valence-electron chi connectivity index (χ4n) is 2.39. The number of carbonyl (C=O) groups excluding carboxylic acids is 1. The largest absolute Gasteiger partial charge is 0.440 e. The zero-order valence-corrected chi connectivity index (χ0v) is 13.8. The molecule has 0 fully saturated rings. The fraction of sp³-hybridized carbons (Fsp3) is 0.263. The van der Waals surface area contributed by atoms with Crippen LogP contribution in [0.5, 0.6) is 0 Å². The summed E-state index contributed by atoms with van der Waals surface area (Å²) in [5.74, 6) is 0.293. The van der Waals surface area contributed by atoms with E-state index < -0.39 is 0 Å². The first-order valence-electron chi connectivity index (χ1n) is 8.03. The topological polar surface area (TPSA) is 81.2 Å². The molecule has 1 heterocycles. The summed E-state index contributed by atoms with van der Waals surface area (Å²) in [6.07, 6.45) is 0.638. The number of aromatic nitrogens is 1. The van der Waals surface area contributed by atoms with Gasteiger partial charge < -0.3 is 15.5 Å². The molecule has 3 N–H and O–H groups in total. The molecular formula is C19H21N3O2. The summed E-state index contributed by atoms with van der Waals surface area (Å²) in [7, 11) is 0. The Hall–Kier alpha value is -2.66. The third-order valence-corrected chi connectivity index (χ3v) is 4.10. The molecule has 124 valence electrons. The van der Waals surface area contributed by atoms with Crippen LogP contribution < -0.4 is 11.1 Å². The van der Waals surface area contributed by atoms with E-state index in [9.17, 15) is 4.79 Å². The summed E-state index contributed by atoms with van der Waals surface area (Å²) in [5, 5.41) is 2.87. The lowest BCUT2D eigenvalue weighted by Crippen LogP contribution is -2.34. The molecule has 2 unspecified atom stereocenters. The number of rotatable bonds is 5. The summed E-state index contributed by atoms with van der Waals surface area (Å²) < 4.78 is 5.82. The zero-order chi connectivity index (χ0) is 17.1. The Bertz CT molecular complexity index is 840. The van der Waals surface area contributed by atoms with Gasteiger partial charge in [-0.25, -0.2) is 4.98 Å². The van der Waals surface area contributed by atoms with Crippen molar-refractivity contribution < 1.29 is 9.21 Å². The first kappa shape index (κ1) is 16.2. The van der Waals surface area contributed by atoms with E-state index in [0.29, 0.717) is 23.6 Å². The molecule has 5 heteroatoms. The van der Waals surface area contributed by atoms with E-state index in [-0.39, 0.29) is 17.9 Å². The van der Waals surface area contributed by atoms with Crippen molar-refractivity contribution in [3.05, 3.63) is 60.0 Å². The maximum absolute atomic E-state index is 12.1. The first-order chi connectivity index (χ1) is 11.5. The van der Waals surface area contributed by atoms with E-state index in [2.05, 4.69) is 10.3 Å². The Morgan fingerprint density at radius 2 is 1.96 bits per heavy atom. The molecule has 0 aliphatic carbocycles. The Kier molecular flexibility index (Phi) is 4.62. The average Bonchev–Trinajstić information content (AvgIpc) is 2.96. The Morgan fingerprint density at radius 1 is 1.21 bits per heavy atom. The number of fused-ring (bicyclic) bond motifs is 1. The minimum absolute atomic E-state index is 0.103. The predicted molar refractivity (Wildman–Crippen MR) is 94.7 cm³/mol. The van der Waals surface area contributed by atoms with Crippen LogP contribution in [0.25, 0.3) is 11.1 Å². The first-order valence-corrected chi connectivity index (χ1v) is 8.03. The molecule has 0 saturated carbocycles. The SMILES string of the molecule is CC(N)C(C)C(=O)Nc1ccc2nc(Cc3ccccc3)oc2c1. The number of hydrogen-bond acceptors (Lipinski definition) is 4. The zero-order valence-electron chi connectivity index (χ0n) is 13.8. The second kappa shape index (κ2) is 6.84. The van der Waals surface area contributed by atoms with E-state index >= 15 is 0 Å². The molecule has 1 amide bonds. The van der Waals surface area contributed by atoms with Gasteiger partial charge in [0.15, 0.2) is 11.5 Å². The molecule has 3 rings (SSSR count). The van der Waals surface area contributed by atoms with Crippen molar-refractivity contribution in [2.24, 2.45) is 11.7 Å². The molecule has 0 aliphatic rings.